The number of carbonyl (C=O) groups excluding carboxylic acids is 1. The number of carbonyl (C=O) groups is 1. The van der Waals surface area contributed by atoms with E-state index >= 15 is 0 Å². The highest BCUT2D eigenvalue weighted by molar-refractivity contribution is 5.93. The summed E-state index contributed by atoms with van der Waals surface area (Å²) >= 11 is 0. The van der Waals surface area contributed by atoms with Crippen molar-refractivity contribution < 1.29 is 9.90 Å². The van der Waals surface area contributed by atoms with E-state index in [9.17, 15) is 9.90 Å². The van der Waals surface area contributed by atoms with Crippen molar-refractivity contribution in [3.8, 4) is 5.88 Å². The third-order valence-corrected chi connectivity index (χ3v) is 7.60. The molecule has 4 aliphatic rings. The second-order valence-corrected chi connectivity index (χ2v) is 9.84. The van der Waals surface area contributed by atoms with Crippen LogP contribution in [0.5, 0.6) is 5.88 Å². The lowest BCUT2D eigenvalue weighted by Gasteiger charge is -2.62. The van der Waals surface area contributed by atoms with E-state index in [2.05, 4.69) is 19.9 Å². The smallest absolute Gasteiger partial charge is 0.270 e. The maximum absolute atomic E-state index is 13.1. The summed E-state index contributed by atoms with van der Waals surface area (Å²) in [5.74, 6) is 1.35. The van der Waals surface area contributed by atoms with Crippen molar-refractivity contribution in [1.29, 1.82) is 0 Å². The third kappa shape index (κ3) is 2.59. The Labute approximate surface area is 175 Å². The number of nitrogens with zero attached hydrogens (tertiary/aromatic N) is 3. The lowest BCUT2D eigenvalue weighted by molar-refractivity contribution is -0.0708. The molecule has 6 nitrogen and oxygen atoms in total. The van der Waals surface area contributed by atoms with Crippen molar-refractivity contribution >= 4 is 16.8 Å². The van der Waals surface area contributed by atoms with E-state index in [0.717, 1.165) is 48.7 Å². The van der Waals surface area contributed by atoms with E-state index in [0.29, 0.717) is 23.4 Å². The molecule has 4 bridgehead atoms. The predicted molar refractivity (Wildman–Crippen MR) is 113 cm³/mol. The van der Waals surface area contributed by atoms with Crippen molar-refractivity contribution in [3.05, 3.63) is 54.1 Å². The lowest BCUT2D eigenvalue weighted by Crippen LogP contribution is -2.65. The van der Waals surface area contributed by atoms with E-state index < -0.39 is 0 Å². The predicted octanol–water partition coefficient (Wildman–Crippen LogP) is 3.92. The van der Waals surface area contributed by atoms with Gasteiger partial charge in [-0.15, -0.1) is 0 Å². The molecule has 0 aromatic carbocycles. The number of aryl methyl sites for hydroxylation is 1. The van der Waals surface area contributed by atoms with Crippen LogP contribution < -0.4 is 5.32 Å². The molecule has 0 spiro atoms. The number of hydrogen-bond acceptors (Lipinski definition) is 4. The molecule has 7 rings (SSSR count). The standard InChI is InChI=1S/C24H26N4O2/c1-15-4-2-6-19(26-15)21(29)27-23-9-16-8-17(10-23)12-24(11-16,14-23)28-13-20-18(22(28)30)5-3-7-25-20/h2-7,13,16-17,30H,8-12,14H2,1H3,(H,27,29). The Hall–Kier alpha value is -2.89. The first kappa shape index (κ1) is 17.9. The summed E-state index contributed by atoms with van der Waals surface area (Å²) in [7, 11) is 0. The maximum atomic E-state index is 13.1. The van der Waals surface area contributed by atoms with Gasteiger partial charge in [-0.2, -0.15) is 0 Å². The quantitative estimate of drug-likeness (QED) is 0.696. The molecule has 4 aliphatic carbocycles. The van der Waals surface area contributed by atoms with Gasteiger partial charge in [0.25, 0.3) is 5.91 Å². The fourth-order valence-corrected chi connectivity index (χ4v) is 7.00. The highest BCUT2D eigenvalue weighted by atomic mass is 16.3. The summed E-state index contributed by atoms with van der Waals surface area (Å²) in [6.45, 7) is 1.91. The second-order valence-electron chi connectivity index (χ2n) is 9.84. The number of nitrogens with one attached hydrogen (secondary N) is 1. The number of rotatable bonds is 3. The van der Waals surface area contributed by atoms with Crippen molar-refractivity contribution in [2.75, 3.05) is 0 Å². The third-order valence-electron chi connectivity index (χ3n) is 7.60. The summed E-state index contributed by atoms with van der Waals surface area (Å²) < 4.78 is 2.08. The number of hydrogen-bond donors (Lipinski definition) is 2. The van der Waals surface area contributed by atoms with Crippen LogP contribution in [-0.2, 0) is 5.54 Å². The zero-order chi connectivity index (χ0) is 20.5. The zero-order valence-corrected chi connectivity index (χ0v) is 17.1. The van der Waals surface area contributed by atoms with Crippen LogP contribution in [0.4, 0.5) is 0 Å². The summed E-state index contributed by atoms with van der Waals surface area (Å²) in [6.07, 6.45) is 9.99. The molecule has 154 valence electrons. The average molecular weight is 402 g/mol. The molecule has 30 heavy (non-hydrogen) atoms. The van der Waals surface area contributed by atoms with Gasteiger partial charge in [-0.1, -0.05) is 6.07 Å². The van der Waals surface area contributed by atoms with Gasteiger partial charge < -0.3 is 15.0 Å². The van der Waals surface area contributed by atoms with Gasteiger partial charge in [0.1, 0.15) is 5.69 Å². The summed E-state index contributed by atoms with van der Waals surface area (Å²) in [4.78, 5) is 22.0. The molecular formula is C24H26N4O2. The van der Waals surface area contributed by atoms with Gasteiger partial charge in [-0.25, -0.2) is 4.98 Å². The number of pyridine rings is 2. The van der Waals surface area contributed by atoms with E-state index in [4.69, 9.17) is 0 Å². The first-order valence-corrected chi connectivity index (χ1v) is 10.9. The fraction of sp³-hybridized carbons (Fsp3) is 0.458. The molecule has 2 unspecified atom stereocenters. The van der Waals surface area contributed by atoms with Crippen molar-refractivity contribution in [3.63, 3.8) is 0 Å². The van der Waals surface area contributed by atoms with Gasteiger partial charge >= 0.3 is 0 Å². The Morgan fingerprint density at radius 2 is 1.97 bits per heavy atom. The molecule has 3 aromatic heterocycles. The van der Waals surface area contributed by atoms with Crippen molar-refractivity contribution in [1.82, 2.24) is 19.9 Å². The zero-order valence-electron chi connectivity index (χ0n) is 17.1. The van der Waals surface area contributed by atoms with Crippen LogP contribution in [0.15, 0.2) is 42.7 Å². The van der Waals surface area contributed by atoms with Gasteiger partial charge in [0.15, 0.2) is 0 Å². The Morgan fingerprint density at radius 3 is 2.70 bits per heavy atom. The number of aromatic hydroxyl groups is 1. The highest BCUT2D eigenvalue weighted by Gasteiger charge is 2.59. The molecule has 0 saturated heterocycles. The van der Waals surface area contributed by atoms with Crippen LogP contribution in [0.2, 0.25) is 0 Å². The van der Waals surface area contributed by atoms with Crippen molar-refractivity contribution in [2.24, 2.45) is 11.8 Å². The molecule has 2 N–H and O–H groups in total. The molecule has 4 saturated carbocycles. The van der Waals surface area contributed by atoms with Crippen LogP contribution in [0, 0.1) is 18.8 Å². The molecule has 3 heterocycles. The number of amides is 1. The number of fused-ring (bicyclic) bond motifs is 1. The van der Waals surface area contributed by atoms with Crippen LogP contribution in [0.25, 0.3) is 10.9 Å². The first-order chi connectivity index (χ1) is 14.5. The summed E-state index contributed by atoms with van der Waals surface area (Å²) in [5, 5.41) is 15.3. The van der Waals surface area contributed by atoms with E-state index in [1.807, 2.05) is 37.4 Å². The van der Waals surface area contributed by atoms with Crippen LogP contribution in [0.1, 0.15) is 54.7 Å². The van der Waals surface area contributed by atoms with Gasteiger partial charge in [-0.3, -0.25) is 9.78 Å². The van der Waals surface area contributed by atoms with Gasteiger partial charge in [0, 0.05) is 23.6 Å². The Morgan fingerprint density at radius 1 is 1.17 bits per heavy atom. The topological polar surface area (TPSA) is 80.0 Å². The highest BCUT2D eigenvalue weighted by Crippen LogP contribution is 2.61. The Kier molecular flexibility index (Phi) is 3.62. The second kappa shape index (κ2) is 6.06. The average Bonchev–Trinajstić information content (AvgIpc) is 3.04. The molecule has 1 amide bonds. The molecule has 0 radical (unpaired) electrons. The molecule has 4 fully saturated rings. The van der Waals surface area contributed by atoms with Gasteiger partial charge in [-0.05, 0) is 81.5 Å². The summed E-state index contributed by atoms with van der Waals surface area (Å²) in [6, 6.07) is 9.37. The minimum atomic E-state index is -0.233. The monoisotopic (exact) mass is 402 g/mol. The summed E-state index contributed by atoms with van der Waals surface area (Å²) in [5.41, 5.74) is 1.76. The van der Waals surface area contributed by atoms with Crippen LogP contribution in [0.3, 0.4) is 0 Å². The SMILES string of the molecule is Cc1cccc(C(=O)NC23CC4CC(C2)CC(n2cc5ncccc5c2O)(C4)C3)n1. The molecular weight excluding hydrogens is 376 g/mol. The van der Waals surface area contributed by atoms with E-state index in [1.54, 1.807) is 12.3 Å². The fourth-order valence-electron chi connectivity index (χ4n) is 7.00. The van der Waals surface area contributed by atoms with Crippen molar-refractivity contribution in [2.45, 2.75) is 56.5 Å². The Balaban J connectivity index is 1.38. The molecule has 2 atom stereocenters. The normalized spacial score (nSPS) is 31.9. The molecule has 3 aromatic rings. The maximum Gasteiger partial charge on any atom is 0.270 e. The lowest BCUT2D eigenvalue weighted by atomic mass is 9.49. The van der Waals surface area contributed by atoms with Crippen LogP contribution >= 0.6 is 0 Å². The molecule has 6 heteroatoms. The Bertz CT molecular complexity index is 1150. The van der Waals surface area contributed by atoms with Gasteiger partial charge in [0.05, 0.1) is 16.4 Å². The first-order valence-electron chi connectivity index (χ1n) is 10.9. The number of aromatic nitrogens is 3. The molecule has 0 aliphatic heterocycles. The minimum absolute atomic E-state index is 0.0839. The van der Waals surface area contributed by atoms with Crippen LogP contribution in [-0.4, -0.2) is 31.1 Å². The van der Waals surface area contributed by atoms with Gasteiger partial charge in [0.2, 0.25) is 5.88 Å². The largest absolute Gasteiger partial charge is 0.494 e. The van der Waals surface area contributed by atoms with E-state index in [1.165, 1.54) is 6.42 Å². The minimum Gasteiger partial charge on any atom is -0.494 e. The van der Waals surface area contributed by atoms with E-state index in [-0.39, 0.29) is 17.0 Å².